The predicted molar refractivity (Wildman–Crippen MR) is 111 cm³/mol. The molecule has 0 spiro atoms. The number of hydrogen-bond donors (Lipinski definition) is 2. The summed E-state index contributed by atoms with van der Waals surface area (Å²) in [5.41, 5.74) is 1.10. The van der Waals surface area contributed by atoms with E-state index >= 15 is 0 Å². The number of anilines is 3. The number of nitrogens with zero attached hydrogens (tertiary/aromatic N) is 6. The molecular formula is C21H17F2N7O2. The Kier molecular flexibility index (Phi) is 5.76. The minimum atomic E-state index is -0.981. The molecule has 2 N–H and O–H groups in total. The zero-order valence-corrected chi connectivity index (χ0v) is 16.7. The minimum Gasteiger partial charge on any atom is -0.465 e. The summed E-state index contributed by atoms with van der Waals surface area (Å²) in [4.78, 5) is 26.4. The number of benzene rings is 2. The van der Waals surface area contributed by atoms with E-state index in [1.54, 1.807) is 23.1 Å². The minimum absolute atomic E-state index is 0.126. The number of nitriles is 1. The van der Waals surface area contributed by atoms with Gasteiger partial charge in [0, 0.05) is 37.4 Å². The number of carboxylic acid groups (broad SMARTS) is 1. The summed E-state index contributed by atoms with van der Waals surface area (Å²) in [7, 11) is 0. The van der Waals surface area contributed by atoms with Gasteiger partial charge in [0.2, 0.25) is 5.95 Å². The van der Waals surface area contributed by atoms with Gasteiger partial charge in [-0.25, -0.2) is 23.5 Å². The fourth-order valence-electron chi connectivity index (χ4n) is 3.35. The Morgan fingerprint density at radius 3 is 2.53 bits per heavy atom. The Bertz CT molecular complexity index is 1210. The molecule has 32 heavy (non-hydrogen) atoms. The van der Waals surface area contributed by atoms with Crippen LogP contribution in [0.3, 0.4) is 0 Å². The van der Waals surface area contributed by atoms with Crippen LogP contribution in [0.2, 0.25) is 0 Å². The lowest BCUT2D eigenvalue weighted by Gasteiger charge is -2.34. The van der Waals surface area contributed by atoms with Gasteiger partial charge in [0.1, 0.15) is 24.0 Å². The SMILES string of the molecule is N#Cc1cc(-c2ncnc(Nc3ccc(N4CCN(C(=O)O)CC4)c(F)c3)n2)ccc1F. The molecule has 4 rings (SSSR count). The van der Waals surface area contributed by atoms with Gasteiger partial charge in [-0.1, -0.05) is 0 Å². The van der Waals surface area contributed by atoms with Crippen molar-refractivity contribution in [3.05, 3.63) is 59.9 Å². The molecule has 162 valence electrons. The summed E-state index contributed by atoms with van der Waals surface area (Å²) < 4.78 is 28.3. The lowest BCUT2D eigenvalue weighted by atomic mass is 10.1. The first-order valence-electron chi connectivity index (χ1n) is 9.63. The van der Waals surface area contributed by atoms with Crippen LogP contribution in [0, 0.1) is 23.0 Å². The molecule has 1 aliphatic rings. The van der Waals surface area contributed by atoms with Crippen molar-refractivity contribution in [2.24, 2.45) is 0 Å². The van der Waals surface area contributed by atoms with Crippen LogP contribution >= 0.6 is 0 Å². The van der Waals surface area contributed by atoms with E-state index < -0.39 is 17.7 Å². The highest BCUT2D eigenvalue weighted by atomic mass is 19.1. The Labute approximate surface area is 181 Å². The van der Waals surface area contributed by atoms with E-state index in [1.807, 2.05) is 0 Å². The number of aromatic nitrogens is 3. The van der Waals surface area contributed by atoms with Gasteiger partial charge >= 0.3 is 6.09 Å². The van der Waals surface area contributed by atoms with Crippen LogP contribution in [-0.2, 0) is 0 Å². The fourth-order valence-corrected chi connectivity index (χ4v) is 3.35. The number of piperazine rings is 1. The fraction of sp³-hybridized carbons (Fsp3) is 0.190. The highest BCUT2D eigenvalue weighted by Crippen LogP contribution is 2.26. The van der Waals surface area contributed by atoms with Crippen molar-refractivity contribution in [3.8, 4) is 17.5 Å². The number of hydrogen-bond acceptors (Lipinski definition) is 7. The molecule has 0 radical (unpaired) electrons. The first kappa shape index (κ1) is 20.9. The Morgan fingerprint density at radius 1 is 1.06 bits per heavy atom. The molecule has 1 amide bonds. The third-order valence-corrected chi connectivity index (χ3v) is 5.01. The maximum Gasteiger partial charge on any atom is 0.407 e. The van der Waals surface area contributed by atoms with Crippen molar-refractivity contribution >= 4 is 23.4 Å². The Morgan fingerprint density at radius 2 is 1.84 bits per heavy atom. The van der Waals surface area contributed by atoms with E-state index in [-0.39, 0.29) is 17.3 Å². The van der Waals surface area contributed by atoms with Crippen LogP contribution in [0.1, 0.15) is 5.56 Å². The molecule has 2 aromatic carbocycles. The molecule has 1 aromatic heterocycles. The lowest BCUT2D eigenvalue weighted by molar-refractivity contribution is 0.142. The molecule has 11 heteroatoms. The molecule has 0 unspecified atom stereocenters. The smallest absolute Gasteiger partial charge is 0.407 e. The summed E-state index contributed by atoms with van der Waals surface area (Å²) in [6, 6.07) is 10.3. The van der Waals surface area contributed by atoms with Gasteiger partial charge in [0.05, 0.1) is 11.3 Å². The number of amides is 1. The third kappa shape index (κ3) is 4.39. The molecule has 0 bridgehead atoms. The van der Waals surface area contributed by atoms with Crippen LogP contribution in [0.15, 0.2) is 42.7 Å². The van der Waals surface area contributed by atoms with Gasteiger partial charge < -0.3 is 20.2 Å². The van der Waals surface area contributed by atoms with Crippen molar-refractivity contribution in [2.45, 2.75) is 0 Å². The van der Waals surface area contributed by atoms with E-state index in [0.717, 1.165) is 6.07 Å². The van der Waals surface area contributed by atoms with E-state index in [1.165, 1.54) is 29.4 Å². The maximum atomic E-state index is 14.7. The Hall–Kier alpha value is -4.33. The quantitative estimate of drug-likeness (QED) is 0.639. The molecule has 1 aliphatic heterocycles. The van der Waals surface area contributed by atoms with Gasteiger partial charge in [-0.3, -0.25) is 0 Å². The van der Waals surface area contributed by atoms with Crippen molar-refractivity contribution in [1.82, 2.24) is 19.9 Å². The summed E-state index contributed by atoms with van der Waals surface area (Å²) >= 11 is 0. The zero-order valence-electron chi connectivity index (χ0n) is 16.7. The van der Waals surface area contributed by atoms with Gasteiger partial charge in [-0.15, -0.1) is 0 Å². The number of carbonyl (C=O) groups is 1. The average Bonchev–Trinajstić information content (AvgIpc) is 2.80. The average molecular weight is 437 g/mol. The first-order valence-corrected chi connectivity index (χ1v) is 9.63. The number of halogens is 2. The van der Waals surface area contributed by atoms with Crippen molar-refractivity contribution in [1.29, 1.82) is 5.26 Å². The highest BCUT2D eigenvalue weighted by molar-refractivity contribution is 5.66. The summed E-state index contributed by atoms with van der Waals surface area (Å²) in [5.74, 6) is -0.721. The maximum absolute atomic E-state index is 14.7. The van der Waals surface area contributed by atoms with Crippen LogP contribution in [0.4, 0.5) is 30.9 Å². The van der Waals surface area contributed by atoms with Crippen molar-refractivity contribution < 1.29 is 18.7 Å². The second kappa shape index (κ2) is 8.81. The monoisotopic (exact) mass is 437 g/mol. The molecule has 9 nitrogen and oxygen atoms in total. The summed E-state index contributed by atoms with van der Waals surface area (Å²) in [6.07, 6.45) is 0.276. The summed E-state index contributed by atoms with van der Waals surface area (Å²) in [6.45, 7) is 1.41. The van der Waals surface area contributed by atoms with Crippen LogP contribution in [0.25, 0.3) is 11.4 Å². The second-order valence-electron chi connectivity index (χ2n) is 6.99. The standard InChI is InChI=1S/C21H17F2N7O2/c22-16-3-1-13(9-14(16)11-24)19-25-12-26-20(28-19)27-15-2-4-18(17(23)10-15)29-5-7-30(8-6-29)21(31)32/h1-4,9-10,12H,5-8H2,(H,31,32)(H,25,26,27,28). The summed E-state index contributed by atoms with van der Waals surface area (Å²) in [5, 5.41) is 20.9. The molecule has 1 saturated heterocycles. The molecule has 0 aliphatic carbocycles. The molecule has 0 saturated carbocycles. The van der Waals surface area contributed by atoms with Crippen LogP contribution < -0.4 is 10.2 Å². The molecule has 2 heterocycles. The Balaban J connectivity index is 1.49. The molecule has 3 aromatic rings. The van der Waals surface area contributed by atoms with E-state index in [0.29, 0.717) is 43.1 Å². The molecular weight excluding hydrogens is 420 g/mol. The van der Waals surface area contributed by atoms with E-state index in [9.17, 15) is 13.6 Å². The molecule has 0 atom stereocenters. The van der Waals surface area contributed by atoms with Crippen LogP contribution in [-0.4, -0.2) is 57.2 Å². The third-order valence-electron chi connectivity index (χ3n) is 5.01. The van der Waals surface area contributed by atoms with Gasteiger partial charge in [0.15, 0.2) is 5.82 Å². The van der Waals surface area contributed by atoms with E-state index in [2.05, 4.69) is 20.3 Å². The number of rotatable bonds is 4. The van der Waals surface area contributed by atoms with Crippen molar-refractivity contribution in [2.75, 3.05) is 36.4 Å². The van der Waals surface area contributed by atoms with Gasteiger partial charge in [-0.2, -0.15) is 10.2 Å². The van der Waals surface area contributed by atoms with Gasteiger partial charge in [-0.05, 0) is 36.4 Å². The molecule has 1 fully saturated rings. The second-order valence-corrected chi connectivity index (χ2v) is 6.99. The normalized spacial score (nSPS) is 13.5. The van der Waals surface area contributed by atoms with Crippen LogP contribution in [0.5, 0.6) is 0 Å². The van der Waals surface area contributed by atoms with Crippen molar-refractivity contribution in [3.63, 3.8) is 0 Å². The zero-order chi connectivity index (χ0) is 22.7. The van der Waals surface area contributed by atoms with E-state index in [4.69, 9.17) is 10.4 Å². The first-order chi connectivity index (χ1) is 15.4. The van der Waals surface area contributed by atoms with Gasteiger partial charge in [0.25, 0.3) is 0 Å². The number of nitrogens with one attached hydrogen (secondary N) is 1. The topological polar surface area (TPSA) is 118 Å². The lowest BCUT2D eigenvalue weighted by Crippen LogP contribution is -2.48. The predicted octanol–water partition coefficient (Wildman–Crippen LogP) is 3.23. The highest BCUT2D eigenvalue weighted by Gasteiger charge is 2.22. The largest absolute Gasteiger partial charge is 0.465 e.